The Morgan fingerprint density at radius 2 is 1.96 bits per heavy atom. The quantitative estimate of drug-likeness (QED) is 0.862. The molecule has 2 aliphatic heterocycles. The van der Waals surface area contributed by atoms with Gasteiger partial charge in [-0.25, -0.2) is 4.79 Å². The minimum Gasteiger partial charge on any atom is -0.444 e. The predicted molar refractivity (Wildman–Crippen MR) is 91.6 cm³/mol. The van der Waals surface area contributed by atoms with E-state index in [1.54, 1.807) is 0 Å². The van der Waals surface area contributed by atoms with Crippen molar-refractivity contribution >= 4 is 6.09 Å². The molecule has 0 aromatic carbocycles. The van der Waals surface area contributed by atoms with Crippen molar-refractivity contribution in [2.75, 3.05) is 26.2 Å². The third-order valence-corrected chi connectivity index (χ3v) is 4.78. The molecule has 0 saturated carbocycles. The largest absolute Gasteiger partial charge is 0.444 e. The zero-order chi connectivity index (χ0) is 16.9. The van der Waals surface area contributed by atoms with E-state index in [1.165, 1.54) is 0 Å². The molecule has 5 nitrogen and oxygen atoms in total. The van der Waals surface area contributed by atoms with Crippen LogP contribution in [0.4, 0.5) is 4.79 Å². The molecule has 0 aliphatic carbocycles. The first kappa shape index (κ1) is 18.5. The van der Waals surface area contributed by atoms with E-state index >= 15 is 0 Å². The van der Waals surface area contributed by atoms with Crippen molar-refractivity contribution in [2.45, 2.75) is 77.5 Å². The van der Waals surface area contributed by atoms with Crippen molar-refractivity contribution in [3.63, 3.8) is 0 Å². The minimum atomic E-state index is -0.408. The molecular formula is C18H34N2O3. The van der Waals surface area contributed by atoms with Crippen LogP contribution in [0.1, 0.15) is 59.8 Å². The molecule has 1 N–H and O–H groups in total. The summed E-state index contributed by atoms with van der Waals surface area (Å²) in [6.07, 6.45) is 5.74. The summed E-state index contributed by atoms with van der Waals surface area (Å²) in [6.45, 7) is 11.5. The Bertz CT molecular complexity index is 373. The van der Waals surface area contributed by atoms with Gasteiger partial charge in [0.15, 0.2) is 0 Å². The number of amides is 1. The van der Waals surface area contributed by atoms with Crippen LogP contribution >= 0.6 is 0 Å². The van der Waals surface area contributed by atoms with Crippen LogP contribution in [0.2, 0.25) is 0 Å². The van der Waals surface area contributed by atoms with Crippen molar-refractivity contribution in [3.05, 3.63) is 0 Å². The summed E-state index contributed by atoms with van der Waals surface area (Å²) >= 11 is 0. The van der Waals surface area contributed by atoms with Gasteiger partial charge in [-0.05, 0) is 65.3 Å². The lowest BCUT2D eigenvalue weighted by atomic mass is 9.95. The number of piperidine rings is 1. The number of likely N-dealkylation sites (tertiary alicyclic amines) is 1. The molecule has 0 aromatic heterocycles. The summed E-state index contributed by atoms with van der Waals surface area (Å²) in [5.74, 6) is 0.664. The van der Waals surface area contributed by atoms with Crippen LogP contribution in [0.15, 0.2) is 0 Å². The molecule has 134 valence electrons. The number of hydrogen-bond acceptors (Lipinski definition) is 4. The summed E-state index contributed by atoms with van der Waals surface area (Å²) < 4.78 is 11.2. The SMILES string of the molecule is CCC1CC(NCC2CCN(C(=O)OC(C)(C)C)CC2)CCO1. The van der Waals surface area contributed by atoms with Gasteiger partial charge in [-0.2, -0.15) is 0 Å². The van der Waals surface area contributed by atoms with Crippen LogP contribution in [0.5, 0.6) is 0 Å². The van der Waals surface area contributed by atoms with Gasteiger partial charge in [-0.15, -0.1) is 0 Å². The smallest absolute Gasteiger partial charge is 0.410 e. The Kier molecular flexibility index (Phi) is 6.72. The van der Waals surface area contributed by atoms with E-state index in [4.69, 9.17) is 9.47 Å². The van der Waals surface area contributed by atoms with Gasteiger partial charge in [0.1, 0.15) is 5.60 Å². The third-order valence-electron chi connectivity index (χ3n) is 4.78. The Hall–Kier alpha value is -0.810. The molecular weight excluding hydrogens is 292 g/mol. The summed E-state index contributed by atoms with van der Waals surface area (Å²) in [7, 11) is 0. The number of nitrogens with zero attached hydrogens (tertiary/aromatic N) is 1. The van der Waals surface area contributed by atoms with E-state index in [1.807, 2.05) is 25.7 Å². The molecule has 0 spiro atoms. The monoisotopic (exact) mass is 326 g/mol. The van der Waals surface area contributed by atoms with Crippen LogP contribution in [0.3, 0.4) is 0 Å². The lowest BCUT2D eigenvalue weighted by Gasteiger charge is -2.35. The lowest BCUT2D eigenvalue weighted by Crippen LogP contribution is -2.45. The van der Waals surface area contributed by atoms with Crippen molar-refractivity contribution in [1.82, 2.24) is 10.2 Å². The molecule has 2 unspecified atom stereocenters. The topological polar surface area (TPSA) is 50.8 Å². The molecule has 0 radical (unpaired) electrons. The zero-order valence-electron chi connectivity index (χ0n) is 15.3. The maximum atomic E-state index is 12.1. The van der Waals surface area contributed by atoms with E-state index in [0.29, 0.717) is 18.1 Å². The highest BCUT2D eigenvalue weighted by Gasteiger charge is 2.27. The van der Waals surface area contributed by atoms with E-state index in [-0.39, 0.29) is 6.09 Å². The van der Waals surface area contributed by atoms with Crippen molar-refractivity contribution in [2.24, 2.45) is 5.92 Å². The van der Waals surface area contributed by atoms with Crippen molar-refractivity contribution < 1.29 is 14.3 Å². The summed E-state index contributed by atoms with van der Waals surface area (Å²) in [6, 6.07) is 0.595. The first-order chi connectivity index (χ1) is 10.9. The van der Waals surface area contributed by atoms with Gasteiger partial charge in [0.25, 0.3) is 0 Å². The molecule has 2 aliphatic rings. The average Bonchev–Trinajstić information content (AvgIpc) is 2.52. The van der Waals surface area contributed by atoms with E-state index in [0.717, 1.165) is 58.3 Å². The summed E-state index contributed by atoms with van der Waals surface area (Å²) in [4.78, 5) is 13.9. The molecule has 0 aromatic rings. The Morgan fingerprint density at radius 1 is 1.26 bits per heavy atom. The molecule has 2 saturated heterocycles. The highest BCUT2D eigenvalue weighted by atomic mass is 16.6. The zero-order valence-corrected chi connectivity index (χ0v) is 15.3. The van der Waals surface area contributed by atoms with E-state index in [2.05, 4.69) is 12.2 Å². The van der Waals surface area contributed by atoms with Crippen LogP contribution < -0.4 is 5.32 Å². The molecule has 2 rings (SSSR count). The van der Waals surface area contributed by atoms with Gasteiger partial charge in [0.2, 0.25) is 0 Å². The third kappa shape index (κ3) is 6.30. The standard InChI is InChI=1S/C18H34N2O3/c1-5-16-12-15(8-11-22-16)19-13-14-6-9-20(10-7-14)17(21)23-18(2,3)4/h14-16,19H,5-13H2,1-4H3. The molecule has 23 heavy (non-hydrogen) atoms. The van der Waals surface area contributed by atoms with Crippen LogP contribution in [0, 0.1) is 5.92 Å². The normalized spacial score (nSPS) is 27.0. The van der Waals surface area contributed by atoms with Gasteiger partial charge < -0.3 is 19.7 Å². The van der Waals surface area contributed by atoms with Gasteiger partial charge in [-0.3, -0.25) is 0 Å². The van der Waals surface area contributed by atoms with Gasteiger partial charge >= 0.3 is 6.09 Å². The number of rotatable bonds is 4. The Morgan fingerprint density at radius 3 is 2.57 bits per heavy atom. The fourth-order valence-electron chi connectivity index (χ4n) is 3.33. The van der Waals surface area contributed by atoms with E-state index in [9.17, 15) is 4.79 Å². The number of hydrogen-bond donors (Lipinski definition) is 1. The van der Waals surface area contributed by atoms with E-state index < -0.39 is 5.60 Å². The predicted octanol–water partition coefficient (Wildman–Crippen LogP) is 3.18. The highest BCUT2D eigenvalue weighted by Crippen LogP contribution is 2.21. The summed E-state index contributed by atoms with van der Waals surface area (Å²) in [5, 5.41) is 3.72. The molecule has 1 amide bonds. The molecule has 2 atom stereocenters. The second-order valence-corrected chi connectivity index (χ2v) is 7.94. The Labute approximate surface area is 141 Å². The maximum absolute atomic E-state index is 12.1. The Balaban J connectivity index is 1.66. The number of nitrogens with one attached hydrogen (secondary N) is 1. The van der Waals surface area contributed by atoms with Crippen LogP contribution in [-0.2, 0) is 9.47 Å². The fraction of sp³-hybridized carbons (Fsp3) is 0.944. The van der Waals surface area contributed by atoms with Gasteiger partial charge in [0, 0.05) is 25.7 Å². The first-order valence-corrected chi connectivity index (χ1v) is 9.20. The van der Waals surface area contributed by atoms with Crippen LogP contribution in [-0.4, -0.2) is 55.0 Å². The fourth-order valence-corrected chi connectivity index (χ4v) is 3.33. The lowest BCUT2D eigenvalue weighted by molar-refractivity contribution is -0.00178. The average molecular weight is 326 g/mol. The van der Waals surface area contributed by atoms with Gasteiger partial charge in [-0.1, -0.05) is 6.92 Å². The molecule has 0 bridgehead atoms. The maximum Gasteiger partial charge on any atom is 0.410 e. The van der Waals surface area contributed by atoms with Crippen molar-refractivity contribution in [1.29, 1.82) is 0 Å². The first-order valence-electron chi connectivity index (χ1n) is 9.20. The van der Waals surface area contributed by atoms with Crippen LogP contribution in [0.25, 0.3) is 0 Å². The highest BCUT2D eigenvalue weighted by molar-refractivity contribution is 5.68. The molecule has 5 heteroatoms. The summed E-state index contributed by atoms with van der Waals surface area (Å²) in [5.41, 5.74) is -0.408. The number of carbonyl (C=O) groups excluding carboxylic acids is 1. The minimum absolute atomic E-state index is 0.167. The molecule has 2 fully saturated rings. The second kappa shape index (κ2) is 8.34. The second-order valence-electron chi connectivity index (χ2n) is 7.94. The van der Waals surface area contributed by atoms with Crippen molar-refractivity contribution in [3.8, 4) is 0 Å². The number of ether oxygens (including phenoxy) is 2. The number of carbonyl (C=O) groups is 1. The molecule has 2 heterocycles. The van der Waals surface area contributed by atoms with Gasteiger partial charge in [0.05, 0.1) is 6.10 Å².